The van der Waals surface area contributed by atoms with Gasteiger partial charge in [0.15, 0.2) is 6.29 Å². The zero-order valence-electron chi connectivity index (χ0n) is 6.67. The minimum atomic E-state index is -1.16. The molecule has 1 rings (SSSR count). The normalized spacial score (nSPS) is 42.0. The summed E-state index contributed by atoms with van der Waals surface area (Å²) in [6.45, 7) is 1.80. The van der Waals surface area contributed by atoms with Crippen LogP contribution in [0.25, 0.3) is 0 Å². The van der Waals surface area contributed by atoms with Crippen molar-refractivity contribution in [3.63, 3.8) is 0 Å². The molecule has 1 saturated heterocycles. The molecule has 0 spiro atoms. The quantitative estimate of drug-likeness (QED) is 0.399. The average Bonchev–Trinajstić information content (AvgIpc) is 2.30. The summed E-state index contributed by atoms with van der Waals surface area (Å²) in [7, 11) is 0. The van der Waals surface area contributed by atoms with Crippen molar-refractivity contribution in [1.82, 2.24) is 5.64 Å². The number of hydrogen-bond donors (Lipinski definition) is 4. The van der Waals surface area contributed by atoms with E-state index >= 15 is 0 Å². The first-order valence-electron chi connectivity index (χ1n) is 3.69. The van der Waals surface area contributed by atoms with Crippen LogP contribution in [0.3, 0.4) is 0 Å². The molecule has 6 heteroatoms. The Balaban J connectivity index is 2.36. The molecule has 0 radical (unpaired) electrons. The molecule has 0 aromatic heterocycles. The molecule has 4 atom stereocenters. The summed E-state index contributed by atoms with van der Waals surface area (Å²) in [6.07, 6.45) is -2.46. The lowest BCUT2D eigenvalue weighted by atomic mass is 10.0. The second-order valence-electron chi connectivity index (χ2n) is 2.82. The highest BCUT2D eigenvalue weighted by Crippen LogP contribution is 2.25. The number of nitrogens with one attached hydrogen (secondary N) is 1. The van der Waals surface area contributed by atoms with Gasteiger partial charge in [0.25, 0.3) is 0 Å². The van der Waals surface area contributed by atoms with Crippen molar-refractivity contribution in [2.24, 2.45) is 5.92 Å². The van der Waals surface area contributed by atoms with Crippen LogP contribution in [0.4, 0.5) is 0 Å². The summed E-state index contributed by atoms with van der Waals surface area (Å²) in [4.78, 5) is 4.44. The van der Waals surface area contributed by atoms with Crippen molar-refractivity contribution in [1.29, 1.82) is 0 Å². The smallest absolute Gasteiger partial charge is 0.181 e. The Morgan fingerprint density at radius 2 is 2.17 bits per heavy atom. The lowest BCUT2D eigenvalue weighted by Gasteiger charge is -2.13. The second kappa shape index (κ2) is 4.13. The van der Waals surface area contributed by atoms with Gasteiger partial charge >= 0.3 is 0 Å². The van der Waals surface area contributed by atoms with Crippen LogP contribution in [-0.2, 0) is 9.57 Å². The molecule has 1 fully saturated rings. The SMILES string of the molecule is CC1C(CONO)OC(O)C1O. The van der Waals surface area contributed by atoms with Crippen LogP contribution in [0.15, 0.2) is 0 Å². The highest BCUT2D eigenvalue weighted by atomic mass is 16.8. The number of ether oxygens (including phenoxy) is 1. The molecular weight excluding hydrogens is 166 g/mol. The molecule has 0 aromatic carbocycles. The van der Waals surface area contributed by atoms with Crippen LogP contribution in [-0.4, -0.2) is 40.5 Å². The Bertz CT molecular complexity index is 144. The van der Waals surface area contributed by atoms with Crippen LogP contribution < -0.4 is 5.64 Å². The van der Waals surface area contributed by atoms with Crippen molar-refractivity contribution < 1.29 is 25.0 Å². The molecule has 1 heterocycles. The van der Waals surface area contributed by atoms with Crippen molar-refractivity contribution in [2.45, 2.75) is 25.4 Å². The third-order valence-electron chi connectivity index (χ3n) is 2.04. The van der Waals surface area contributed by atoms with E-state index in [0.29, 0.717) is 0 Å². The number of rotatable bonds is 3. The standard InChI is InChI=1S/C6H13NO5/c1-3-4(2-11-7-10)12-6(9)5(3)8/h3-10H,2H2,1H3. The molecule has 0 aliphatic carbocycles. The molecule has 12 heavy (non-hydrogen) atoms. The van der Waals surface area contributed by atoms with Crippen LogP contribution in [0.1, 0.15) is 6.92 Å². The Morgan fingerprint density at radius 1 is 1.50 bits per heavy atom. The van der Waals surface area contributed by atoms with E-state index in [1.165, 1.54) is 5.64 Å². The Labute approximate surface area is 69.6 Å². The lowest BCUT2D eigenvalue weighted by Crippen LogP contribution is -2.28. The van der Waals surface area contributed by atoms with Crippen molar-refractivity contribution >= 4 is 0 Å². The Morgan fingerprint density at radius 3 is 2.58 bits per heavy atom. The summed E-state index contributed by atoms with van der Waals surface area (Å²) in [6, 6.07) is 0. The van der Waals surface area contributed by atoms with Gasteiger partial charge in [0, 0.05) is 5.92 Å². The van der Waals surface area contributed by atoms with E-state index in [9.17, 15) is 5.11 Å². The molecule has 4 unspecified atom stereocenters. The maximum atomic E-state index is 9.22. The first-order chi connectivity index (χ1) is 5.66. The van der Waals surface area contributed by atoms with Crippen molar-refractivity contribution in [2.75, 3.05) is 6.61 Å². The number of aliphatic hydroxyl groups is 2. The van der Waals surface area contributed by atoms with Crippen LogP contribution in [0, 0.1) is 5.92 Å². The van der Waals surface area contributed by atoms with E-state index in [1.807, 2.05) is 0 Å². The van der Waals surface area contributed by atoms with Gasteiger partial charge in [0.1, 0.15) is 6.10 Å². The highest BCUT2D eigenvalue weighted by Gasteiger charge is 2.39. The summed E-state index contributed by atoms with van der Waals surface area (Å²) in [5.41, 5.74) is 1.50. The molecular formula is C6H13NO5. The first kappa shape index (κ1) is 9.85. The Hall–Kier alpha value is -0.240. The minimum Gasteiger partial charge on any atom is -0.387 e. The van der Waals surface area contributed by atoms with E-state index in [0.717, 1.165) is 0 Å². The van der Waals surface area contributed by atoms with Gasteiger partial charge in [-0.3, -0.25) is 10.0 Å². The molecule has 0 amide bonds. The van der Waals surface area contributed by atoms with Gasteiger partial charge in [-0.25, -0.2) is 0 Å². The number of hydrogen-bond acceptors (Lipinski definition) is 6. The van der Waals surface area contributed by atoms with Crippen molar-refractivity contribution in [3.8, 4) is 0 Å². The average molecular weight is 179 g/mol. The fourth-order valence-corrected chi connectivity index (χ4v) is 1.17. The summed E-state index contributed by atoms with van der Waals surface area (Å²) in [5, 5.41) is 26.3. The number of aliphatic hydroxyl groups excluding tert-OH is 2. The van der Waals surface area contributed by atoms with E-state index in [-0.39, 0.29) is 12.5 Å². The molecule has 1 aliphatic rings. The predicted molar refractivity (Wildman–Crippen MR) is 36.9 cm³/mol. The van der Waals surface area contributed by atoms with Gasteiger partial charge < -0.3 is 14.9 Å². The second-order valence-corrected chi connectivity index (χ2v) is 2.82. The van der Waals surface area contributed by atoms with Gasteiger partial charge in [-0.1, -0.05) is 12.6 Å². The van der Waals surface area contributed by atoms with Crippen LogP contribution in [0.5, 0.6) is 0 Å². The zero-order chi connectivity index (χ0) is 9.14. The molecule has 72 valence electrons. The maximum absolute atomic E-state index is 9.22. The third kappa shape index (κ3) is 1.92. The lowest BCUT2D eigenvalue weighted by molar-refractivity contribution is -0.176. The van der Waals surface area contributed by atoms with Gasteiger partial charge in [-0.05, 0) is 0 Å². The van der Waals surface area contributed by atoms with E-state index in [1.54, 1.807) is 6.92 Å². The Kier molecular flexibility index (Phi) is 3.39. The molecule has 0 saturated carbocycles. The largest absolute Gasteiger partial charge is 0.387 e. The van der Waals surface area contributed by atoms with E-state index < -0.39 is 18.5 Å². The summed E-state index contributed by atoms with van der Waals surface area (Å²) < 4.78 is 4.92. The molecule has 4 N–H and O–H groups in total. The fourth-order valence-electron chi connectivity index (χ4n) is 1.17. The van der Waals surface area contributed by atoms with Gasteiger partial charge in [-0.2, -0.15) is 0 Å². The molecule has 6 nitrogen and oxygen atoms in total. The van der Waals surface area contributed by atoms with Gasteiger partial charge in [-0.15, -0.1) is 0 Å². The first-order valence-corrected chi connectivity index (χ1v) is 3.69. The zero-order valence-corrected chi connectivity index (χ0v) is 6.67. The maximum Gasteiger partial charge on any atom is 0.181 e. The van der Waals surface area contributed by atoms with Gasteiger partial charge in [0.2, 0.25) is 0 Å². The van der Waals surface area contributed by atoms with Crippen LogP contribution in [0.2, 0.25) is 0 Å². The highest BCUT2D eigenvalue weighted by molar-refractivity contribution is 4.82. The van der Waals surface area contributed by atoms with Crippen molar-refractivity contribution in [3.05, 3.63) is 0 Å². The minimum absolute atomic E-state index is 0.0752. The fraction of sp³-hybridized carbons (Fsp3) is 1.00. The van der Waals surface area contributed by atoms with Gasteiger partial charge in [0.05, 0.1) is 12.7 Å². The molecule has 0 aromatic rings. The summed E-state index contributed by atoms with van der Waals surface area (Å²) >= 11 is 0. The van der Waals surface area contributed by atoms with Crippen LogP contribution >= 0.6 is 0 Å². The van der Waals surface area contributed by atoms with E-state index in [4.69, 9.17) is 15.1 Å². The predicted octanol–water partition coefficient (Wildman–Crippen LogP) is -1.39. The topological polar surface area (TPSA) is 91.2 Å². The van der Waals surface area contributed by atoms with E-state index in [2.05, 4.69) is 4.84 Å². The monoisotopic (exact) mass is 179 g/mol. The molecule has 0 bridgehead atoms. The third-order valence-corrected chi connectivity index (χ3v) is 2.04. The summed E-state index contributed by atoms with van der Waals surface area (Å²) in [5.74, 6) is -0.214. The molecule has 1 aliphatic heterocycles.